The molecule has 1 amide bonds. The number of alkyl halides is 3. The minimum Gasteiger partial charge on any atom is -0.481 e. The fourth-order valence-corrected chi connectivity index (χ4v) is 1.92. The molecule has 0 saturated carbocycles. The molecule has 4 nitrogen and oxygen atoms in total. The maximum atomic E-state index is 12.9. The number of rotatable bonds is 4. The summed E-state index contributed by atoms with van der Waals surface area (Å²) in [6.45, 7) is 1.44. The topological polar surface area (TPSA) is 64.3 Å². The van der Waals surface area contributed by atoms with Crippen molar-refractivity contribution < 1.29 is 22.7 Å². The lowest BCUT2D eigenvalue weighted by Gasteiger charge is -2.17. The van der Waals surface area contributed by atoms with E-state index in [1.165, 1.54) is 31.2 Å². The number of anilines is 2. The molecule has 0 aliphatic carbocycles. The highest BCUT2D eigenvalue weighted by atomic mass is 19.4. The van der Waals surface area contributed by atoms with Crippen LogP contribution in [-0.4, -0.2) is 12.0 Å². The second kappa shape index (κ2) is 6.60. The van der Waals surface area contributed by atoms with Gasteiger partial charge in [-0.15, -0.1) is 0 Å². The van der Waals surface area contributed by atoms with Gasteiger partial charge in [0, 0.05) is 11.8 Å². The normalized spacial score (nSPS) is 12.5. The van der Waals surface area contributed by atoms with E-state index in [0.717, 1.165) is 6.07 Å². The average Bonchev–Trinajstić information content (AvgIpc) is 2.46. The molecule has 2 rings (SSSR count). The number of ether oxygens (including phenoxy) is 1. The molecule has 0 radical (unpaired) electrons. The van der Waals surface area contributed by atoms with Gasteiger partial charge in [0.2, 0.25) is 0 Å². The molecule has 0 fully saturated rings. The second-order valence-corrected chi connectivity index (χ2v) is 4.87. The fraction of sp³-hybridized carbons (Fsp3) is 0.188. The molecule has 7 heteroatoms. The third-order valence-electron chi connectivity index (χ3n) is 3.03. The molecule has 122 valence electrons. The van der Waals surface area contributed by atoms with Gasteiger partial charge in [-0.25, -0.2) is 0 Å². The van der Waals surface area contributed by atoms with E-state index in [1.54, 1.807) is 18.2 Å². The molecule has 0 aliphatic heterocycles. The molecule has 1 atom stereocenters. The molecule has 0 saturated heterocycles. The highest BCUT2D eigenvalue weighted by Crippen LogP contribution is 2.34. The van der Waals surface area contributed by atoms with Crippen LogP contribution in [0.15, 0.2) is 48.5 Å². The lowest BCUT2D eigenvalue weighted by atomic mass is 10.1. The maximum absolute atomic E-state index is 12.9. The smallest absolute Gasteiger partial charge is 0.418 e. The monoisotopic (exact) mass is 324 g/mol. The quantitative estimate of drug-likeness (QED) is 0.843. The number of benzene rings is 2. The first kappa shape index (κ1) is 16.7. The zero-order chi connectivity index (χ0) is 17.0. The summed E-state index contributed by atoms with van der Waals surface area (Å²) in [6.07, 6.45) is -5.54. The molecule has 0 aromatic heterocycles. The number of hydrogen-bond donors (Lipinski definition) is 2. The van der Waals surface area contributed by atoms with Crippen LogP contribution in [0.5, 0.6) is 5.75 Å². The Bertz CT molecular complexity index is 702. The van der Waals surface area contributed by atoms with Gasteiger partial charge in [0.1, 0.15) is 5.75 Å². The van der Waals surface area contributed by atoms with Crippen molar-refractivity contribution in [3.63, 3.8) is 0 Å². The standard InChI is InChI=1S/C16H15F3N2O2/c1-10(23-12-6-4-5-11(20)9-12)15(22)21-14-8-3-2-7-13(14)16(17,18)19/h2-10H,20H2,1H3,(H,21,22). The van der Waals surface area contributed by atoms with Crippen molar-refractivity contribution in [3.8, 4) is 5.75 Å². The van der Waals surface area contributed by atoms with Gasteiger partial charge in [-0.05, 0) is 31.2 Å². The SMILES string of the molecule is CC(Oc1cccc(N)c1)C(=O)Nc1ccccc1C(F)(F)F. The number of carbonyl (C=O) groups is 1. The van der Waals surface area contributed by atoms with Crippen LogP contribution in [0.4, 0.5) is 24.5 Å². The lowest BCUT2D eigenvalue weighted by molar-refractivity contribution is -0.137. The van der Waals surface area contributed by atoms with Gasteiger partial charge in [0.15, 0.2) is 6.10 Å². The van der Waals surface area contributed by atoms with Crippen molar-refractivity contribution >= 4 is 17.3 Å². The summed E-state index contributed by atoms with van der Waals surface area (Å²) in [5.74, 6) is -0.333. The molecule has 0 spiro atoms. The molecule has 2 aromatic carbocycles. The van der Waals surface area contributed by atoms with Crippen LogP contribution in [0.1, 0.15) is 12.5 Å². The highest BCUT2D eigenvalue weighted by Gasteiger charge is 2.33. The van der Waals surface area contributed by atoms with Crippen molar-refractivity contribution in [2.75, 3.05) is 11.1 Å². The maximum Gasteiger partial charge on any atom is 0.418 e. The van der Waals surface area contributed by atoms with Gasteiger partial charge >= 0.3 is 6.18 Å². The van der Waals surface area contributed by atoms with E-state index < -0.39 is 23.8 Å². The molecule has 2 aromatic rings. The fourth-order valence-electron chi connectivity index (χ4n) is 1.92. The first-order valence-electron chi connectivity index (χ1n) is 6.76. The predicted octanol–water partition coefficient (Wildman–Crippen LogP) is 3.69. The van der Waals surface area contributed by atoms with Crippen LogP contribution in [0, 0.1) is 0 Å². The third-order valence-corrected chi connectivity index (χ3v) is 3.03. The summed E-state index contributed by atoms with van der Waals surface area (Å²) in [4.78, 5) is 12.0. The Morgan fingerprint density at radius 1 is 1.17 bits per heavy atom. The van der Waals surface area contributed by atoms with E-state index in [9.17, 15) is 18.0 Å². The van der Waals surface area contributed by atoms with E-state index in [-0.39, 0.29) is 5.69 Å². The summed E-state index contributed by atoms with van der Waals surface area (Å²) in [6, 6.07) is 11.2. The molecular weight excluding hydrogens is 309 g/mol. The Morgan fingerprint density at radius 3 is 2.52 bits per heavy atom. The predicted molar refractivity (Wildman–Crippen MR) is 81.0 cm³/mol. The minimum atomic E-state index is -4.55. The molecule has 0 aliphatic rings. The summed E-state index contributed by atoms with van der Waals surface area (Å²) in [5, 5.41) is 2.24. The van der Waals surface area contributed by atoms with Crippen molar-refractivity contribution in [2.24, 2.45) is 0 Å². The lowest BCUT2D eigenvalue weighted by Crippen LogP contribution is -2.31. The molecule has 0 bridgehead atoms. The van der Waals surface area contributed by atoms with Crippen molar-refractivity contribution in [3.05, 3.63) is 54.1 Å². The third kappa shape index (κ3) is 4.38. The van der Waals surface area contributed by atoms with Crippen LogP contribution >= 0.6 is 0 Å². The Kier molecular flexibility index (Phi) is 4.78. The average molecular weight is 324 g/mol. The summed E-state index contributed by atoms with van der Waals surface area (Å²) < 4.78 is 44.1. The van der Waals surface area contributed by atoms with Crippen molar-refractivity contribution in [1.29, 1.82) is 0 Å². The largest absolute Gasteiger partial charge is 0.481 e. The zero-order valence-electron chi connectivity index (χ0n) is 12.2. The first-order valence-corrected chi connectivity index (χ1v) is 6.76. The Balaban J connectivity index is 2.10. The van der Waals surface area contributed by atoms with Gasteiger partial charge in [-0.3, -0.25) is 4.79 Å². The van der Waals surface area contributed by atoms with E-state index in [2.05, 4.69) is 5.32 Å². The highest BCUT2D eigenvalue weighted by molar-refractivity contribution is 5.94. The molecule has 1 unspecified atom stereocenters. The number of hydrogen-bond acceptors (Lipinski definition) is 3. The van der Waals surface area contributed by atoms with Gasteiger partial charge in [-0.2, -0.15) is 13.2 Å². The van der Waals surface area contributed by atoms with Crippen LogP contribution in [0.2, 0.25) is 0 Å². The summed E-state index contributed by atoms with van der Waals surface area (Å²) >= 11 is 0. The zero-order valence-corrected chi connectivity index (χ0v) is 12.2. The number of nitrogen functional groups attached to an aromatic ring is 1. The van der Waals surface area contributed by atoms with Crippen molar-refractivity contribution in [2.45, 2.75) is 19.2 Å². The van der Waals surface area contributed by atoms with E-state index in [4.69, 9.17) is 10.5 Å². The molecule has 0 heterocycles. The van der Waals surface area contributed by atoms with Crippen LogP contribution in [0.25, 0.3) is 0 Å². The van der Waals surface area contributed by atoms with E-state index in [0.29, 0.717) is 11.4 Å². The summed E-state index contributed by atoms with van der Waals surface area (Å²) in [7, 11) is 0. The number of para-hydroxylation sites is 1. The Hall–Kier alpha value is -2.70. The van der Waals surface area contributed by atoms with E-state index in [1.807, 2.05) is 0 Å². The van der Waals surface area contributed by atoms with Crippen LogP contribution in [-0.2, 0) is 11.0 Å². The van der Waals surface area contributed by atoms with Gasteiger partial charge in [-0.1, -0.05) is 18.2 Å². The number of carbonyl (C=O) groups excluding carboxylic acids is 1. The van der Waals surface area contributed by atoms with Crippen LogP contribution < -0.4 is 15.8 Å². The first-order chi connectivity index (χ1) is 10.8. The van der Waals surface area contributed by atoms with E-state index >= 15 is 0 Å². The van der Waals surface area contributed by atoms with Gasteiger partial charge < -0.3 is 15.8 Å². The number of nitrogens with one attached hydrogen (secondary N) is 1. The Labute approximate surface area is 131 Å². The molecule has 3 N–H and O–H groups in total. The minimum absolute atomic E-state index is 0.312. The van der Waals surface area contributed by atoms with Crippen molar-refractivity contribution in [1.82, 2.24) is 0 Å². The number of halogens is 3. The Morgan fingerprint density at radius 2 is 1.87 bits per heavy atom. The number of nitrogens with two attached hydrogens (primary N) is 1. The second-order valence-electron chi connectivity index (χ2n) is 4.87. The van der Waals surface area contributed by atoms with Gasteiger partial charge in [0.25, 0.3) is 5.91 Å². The number of amides is 1. The van der Waals surface area contributed by atoms with Gasteiger partial charge in [0.05, 0.1) is 11.3 Å². The molecule has 23 heavy (non-hydrogen) atoms. The van der Waals surface area contributed by atoms with Crippen LogP contribution in [0.3, 0.4) is 0 Å². The summed E-state index contributed by atoms with van der Waals surface area (Å²) in [5.41, 5.74) is 4.83. The molecular formula is C16H15F3N2O2.